The minimum atomic E-state index is -1.14. The smallest absolute Gasteiger partial charge is 0.331 e. The van der Waals surface area contributed by atoms with E-state index in [2.05, 4.69) is 21.9 Å². The van der Waals surface area contributed by atoms with E-state index in [9.17, 15) is 14.7 Å². The van der Waals surface area contributed by atoms with Crippen molar-refractivity contribution in [2.75, 3.05) is 19.5 Å². The van der Waals surface area contributed by atoms with Crippen LogP contribution in [-0.4, -0.2) is 42.8 Å². The highest BCUT2D eigenvalue weighted by molar-refractivity contribution is 5.97. The van der Waals surface area contributed by atoms with Crippen molar-refractivity contribution in [3.8, 4) is 17.6 Å². The number of rotatable bonds is 6. The van der Waals surface area contributed by atoms with Crippen LogP contribution < -0.4 is 15.8 Å². The monoisotopic (exact) mass is 382 g/mol. The van der Waals surface area contributed by atoms with Crippen molar-refractivity contribution in [1.82, 2.24) is 5.32 Å². The molecule has 0 spiro atoms. The number of carbonyl (C=O) groups is 2. The third-order valence-corrected chi connectivity index (χ3v) is 3.80. The fourth-order valence-electron chi connectivity index (χ4n) is 2.25. The van der Waals surface area contributed by atoms with E-state index in [0.717, 1.165) is 5.56 Å². The predicted octanol–water partition coefficient (Wildman–Crippen LogP) is 1.35. The van der Waals surface area contributed by atoms with Crippen molar-refractivity contribution in [1.29, 1.82) is 0 Å². The maximum absolute atomic E-state index is 12.2. The summed E-state index contributed by atoms with van der Waals surface area (Å²) >= 11 is 0. The van der Waals surface area contributed by atoms with Crippen LogP contribution in [0.1, 0.15) is 22.8 Å². The second kappa shape index (κ2) is 10.00. The molecule has 0 aromatic heterocycles. The van der Waals surface area contributed by atoms with Gasteiger partial charge in [-0.25, -0.2) is 4.79 Å². The number of nitrogens with two attached hydrogens (primary N) is 1. The van der Waals surface area contributed by atoms with E-state index in [4.69, 9.17) is 10.5 Å². The van der Waals surface area contributed by atoms with Crippen LogP contribution in [0.5, 0.6) is 5.75 Å². The van der Waals surface area contributed by atoms with E-state index in [1.807, 2.05) is 12.1 Å². The third kappa shape index (κ3) is 6.04. The second-order valence-electron chi connectivity index (χ2n) is 5.95. The average Bonchev–Trinajstić information content (AvgIpc) is 2.70. The molecule has 28 heavy (non-hydrogen) atoms. The summed E-state index contributed by atoms with van der Waals surface area (Å²) in [7, 11) is 1.19. The highest BCUT2D eigenvalue weighted by Crippen LogP contribution is 2.12. The lowest BCUT2D eigenvalue weighted by Crippen LogP contribution is -2.48. The van der Waals surface area contributed by atoms with Crippen molar-refractivity contribution in [2.24, 2.45) is 0 Å². The summed E-state index contributed by atoms with van der Waals surface area (Å²) in [6, 6.07) is 12.4. The van der Waals surface area contributed by atoms with E-state index in [1.54, 1.807) is 36.4 Å². The molecule has 2 aromatic carbocycles. The first-order valence-corrected chi connectivity index (χ1v) is 8.54. The van der Waals surface area contributed by atoms with Crippen LogP contribution >= 0.6 is 0 Å². The number of methoxy groups -OCH3 is 1. The molecule has 146 valence electrons. The Morgan fingerprint density at radius 1 is 1.14 bits per heavy atom. The van der Waals surface area contributed by atoms with Crippen LogP contribution in [-0.2, 0) is 9.53 Å². The molecular weight excluding hydrogens is 360 g/mol. The van der Waals surface area contributed by atoms with Crippen LogP contribution in [0.2, 0.25) is 0 Å². The van der Waals surface area contributed by atoms with Gasteiger partial charge in [0.25, 0.3) is 5.91 Å². The Labute approximate surface area is 163 Å². The Bertz CT molecular complexity index is 864. The van der Waals surface area contributed by atoms with E-state index in [1.165, 1.54) is 14.0 Å². The van der Waals surface area contributed by atoms with Gasteiger partial charge < -0.3 is 25.6 Å². The van der Waals surface area contributed by atoms with E-state index in [-0.39, 0.29) is 6.61 Å². The van der Waals surface area contributed by atoms with Crippen molar-refractivity contribution >= 4 is 17.6 Å². The maximum atomic E-state index is 12.2. The minimum absolute atomic E-state index is 0.183. The number of amides is 1. The summed E-state index contributed by atoms with van der Waals surface area (Å²) in [5.74, 6) is 5.17. The van der Waals surface area contributed by atoms with Crippen LogP contribution in [0.25, 0.3) is 0 Å². The number of nitrogens with one attached hydrogen (secondary N) is 1. The molecule has 7 heteroatoms. The Kier molecular flexibility index (Phi) is 7.43. The van der Waals surface area contributed by atoms with E-state index < -0.39 is 24.0 Å². The van der Waals surface area contributed by atoms with Crippen LogP contribution in [0, 0.1) is 11.8 Å². The molecule has 4 N–H and O–H groups in total. The van der Waals surface area contributed by atoms with Crippen molar-refractivity contribution < 1.29 is 24.2 Å². The molecule has 0 aliphatic carbocycles. The molecule has 0 saturated heterocycles. The molecule has 2 aromatic rings. The molecule has 1 amide bonds. The lowest BCUT2D eigenvalue weighted by atomic mass is 10.1. The zero-order valence-electron chi connectivity index (χ0n) is 15.6. The number of ether oxygens (including phenoxy) is 2. The number of carbonyl (C=O) groups excluding carboxylic acids is 2. The van der Waals surface area contributed by atoms with Gasteiger partial charge in [0, 0.05) is 16.8 Å². The topological polar surface area (TPSA) is 111 Å². The van der Waals surface area contributed by atoms with Crippen LogP contribution in [0.3, 0.4) is 0 Å². The fraction of sp³-hybridized carbons (Fsp3) is 0.238. The Hall–Kier alpha value is -3.50. The van der Waals surface area contributed by atoms with Crippen LogP contribution in [0.4, 0.5) is 5.69 Å². The van der Waals surface area contributed by atoms with Gasteiger partial charge in [-0.2, -0.15) is 0 Å². The normalized spacial score (nSPS) is 12.1. The molecule has 0 fully saturated rings. The summed E-state index contributed by atoms with van der Waals surface area (Å²) in [6.07, 6.45) is -1.08. The standard InChI is InChI=1S/C21H22N2O5/c1-14(24)19(21(26)27-2)23-20(25)16-7-11-18(12-8-16)28-13-3-4-15-5-9-17(22)10-6-15/h5-12,14,19,24H,13,22H2,1-2H3,(H,23,25). The summed E-state index contributed by atoms with van der Waals surface area (Å²) in [4.78, 5) is 23.8. The number of hydrogen-bond acceptors (Lipinski definition) is 6. The summed E-state index contributed by atoms with van der Waals surface area (Å²) < 4.78 is 10.1. The van der Waals surface area contributed by atoms with Crippen molar-refractivity contribution in [2.45, 2.75) is 19.1 Å². The predicted molar refractivity (Wildman–Crippen MR) is 105 cm³/mol. The number of aliphatic hydroxyl groups is 1. The van der Waals surface area contributed by atoms with Gasteiger partial charge >= 0.3 is 5.97 Å². The van der Waals surface area contributed by atoms with Gasteiger partial charge in [-0.3, -0.25) is 4.79 Å². The van der Waals surface area contributed by atoms with Gasteiger partial charge in [0.15, 0.2) is 6.04 Å². The summed E-state index contributed by atoms with van der Waals surface area (Å²) in [5.41, 5.74) is 7.45. The first kappa shape index (κ1) is 20.8. The Morgan fingerprint density at radius 3 is 2.36 bits per heavy atom. The van der Waals surface area contributed by atoms with Crippen molar-refractivity contribution in [3.05, 3.63) is 59.7 Å². The molecule has 2 rings (SSSR count). The third-order valence-electron chi connectivity index (χ3n) is 3.80. The molecule has 0 radical (unpaired) electrons. The first-order valence-electron chi connectivity index (χ1n) is 8.54. The van der Waals surface area contributed by atoms with Gasteiger partial charge in [0.05, 0.1) is 13.2 Å². The quantitative estimate of drug-likeness (QED) is 0.395. The zero-order chi connectivity index (χ0) is 20.5. The zero-order valence-corrected chi connectivity index (χ0v) is 15.6. The number of anilines is 1. The number of aliphatic hydroxyl groups excluding tert-OH is 1. The van der Waals surface area contributed by atoms with Crippen molar-refractivity contribution in [3.63, 3.8) is 0 Å². The Balaban J connectivity index is 1.91. The largest absolute Gasteiger partial charge is 0.481 e. The molecular formula is C21H22N2O5. The highest BCUT2D eigenvalue weighted by atomic mass is 16.5. The molecule has 0 heterocycles. The number of hydrogen-bond donors (Lipinski definition) is 3. The molecule has 7 nitrogen and oxygen atoms in total. The van der Waals surface area contributed by atoms with Gasteiger partial charge in [0.1, 0.15) is 12.4 Å². The van der Waals surface area contributed by atoms with Gasteiger partial charge in [-0.15, -0.1) is 0 Å². The number of esters is 1. The summed E-state index contributed by atoms with van der Waals surface area (Å²) in [6.45, 7) is 1.58. The van der Waals surface area contributed by atoms with Gasteiger partial charge in [0.2, 0.25) is 0 Å². The van der Waals surface area contributed by atoms with Gasteiger partial charge in [-0.05, 0) is 55.5 Å². The molecule has 0 aliphatic heterocycles. The molecule has 2 unspecified atom stereocenters. The second-order valence-corrected chi connectivity index (χ2v) is 5.95. The summed E-state index contributed by atoms with van der Waals surface area (Å²) in [5, 5.41) is 12.1. The number of benzene rings is 2. The molecule has 0 saturated carbocycles. The molecule has 2 atom stereocenters. The van der Waals surface area contributed by atoms with Crippen LogP contribution in [0.15, 0.2) is 48.5 Å². The van der Waals surface area contributed by atoms with E-state index >= 15 is 0 Å². The first-order chi connectivity index (χ1) is 13.4. The lowest BCUT2D eigenvalue weighted by Gasteiger charge is -2.18. The Morgan fingerprint density at radius 2 is 1.79 bits per heavy atom. The maximum Gasteiger partial charge on any atom is 0.331 e. The van der Waals surface area contributed by atoms with Gasteiger partial charge in [-0.1, -0.05) is 11.8 Å². The minimum Gasteiger partial charge on any atom is -0.481 e. The fourth-order valence-corrected chi connectivity index (χ4v) is 2.25. The molecule has 0 bridgehead atoms. The highest BCUT2D eigenvalue weighted by Gasteiger charge is 2.26. The molecule has 0 aliphatic rings. The average molecular weight is 382 g/mol. The van der Waals surface area contributed by atoms with E-state index in [0.29, 0.717) is 17.0 Å². The number of nitrogen functional groups attached to an aromatic ring is 1. The lowest BCUT2D eigenvalue weighted by molar-refractivity contribution is -0.145. The SMILES string of the molecule is COC(=O)C(NC(=O)c1ccc(OCC#Cc2ccc(N)cc2)cc1)C(C)O.